The van der Waals surface area contributed by atoms with Crippen molar-refractivity contribution in [1.82, 2.24) is 4.90 Å². The molecule has 2 heteroatoms. The first-order valence-corrected chi connectivity index (χ1v) is 6.78. The minimum absolute atomic E-state index is 0.0330. The van der Waals surface area contributed by atoms with Gasteiger partial charge in [0.15, 0.2) is 0 Å². The maximum absolute atomic E-state index is 10.2. The molecule has 0 aromatic rings. The van der Waals surface area contributed by atoms with Crippen LogP contribution in [0.2, 0.25) is 0 Å². The monoisotopic (exact) mass is 209 g/mol. The van der Waals surface area contributed by atoms with E-state index < -0.39 is 0 Å². The number of fused-ring (bicyclic) bond motifs is 2. The molecule has 1 aliphatic heterocycles. The lowest BCUT2D eigenvalue weighted by Gasteiger charge is -2.42. The molecule has 0 spiro atoms. The maximum Gasteiger partial charge on any atom is 0.0611 e. The second-order valence-corrected chi connectivity index (χ2v) is 5.73. The molecule has 0 amide bonds. The van der Waals surface area contributed by atoms with Gasteiger partial charge in [0.1, 0.15) is 0 Å². The first-order chi connectivity index (χ1) is 7.36. The van der Waals surface area contributed by atoms with Crippen molar-refractivity contribution in [3.05, 3.63) is 0 Å². The van der Waals surface area contributed by atoms with E-state index in [-0.39, 0.29) is 6.10 Å². The number of likely N-dealkylation sites (tertiary alicyclic amines) is 1. The molecule has 86 valence electrons. The Morgan fingerprint density at radius 2 is 1.60 bits per heavy atom. The third-order valence-electron chi connectivity index (χ3n) is 4.98. The molecule has 2 nitrogen and oxygen atoms in total. The lowest BCUT2D eigenvalue weighted by Crippen LogP contribution is -2.48. The van der Waals surface area contributed by atoms with E-state index in [1.54, 1.807) is 0 Å². The molecular weight excluding hydrogens is 186 g/mol. The minimum Gasteiger partial charge on any atom is -0.392 e. The summed E-state index contributed by atoms with van der Waals surface area (Å²) in [4.78, 5) is 2.68. The average molecular weight is 209 g/mol. The van der Waals surface area contributed by atoms with E-state index in [0.717, 1.165) is 6.04 Å². The molecule has 4 atom stereocenters. The van der Waals surface area contributed by atoms with Crippen LogP contribution in [0.1, 0.15) is 44.9 Å². The Morgan fingerprint density at radius 3 is 2.40 bits per heavy atom. The summed E-state index contributed by atoms with van der Waals surface area (Å²) in [7, 11) is 0. The normalized spacial score (nSPS) is 47.0. The molecule has 3 fully saturated rings. The molecule has 1 heterocycles. The molecule has 2 bridgehead atoms. The summed E-state index contributed by atoms with van der Waals surface area (Å²) in [5.41, 5.74) is 0. The van der Waals surface area contributed by atoms with Gasteiger partial charge in [0.05, 0.1) is 6.10 Å². The Bertz CT molecular complexity index is 225. The summed E-state index contributed by atoms with van der Waals surface area (Å²) >= 11 is 0. The van der Waals surface area contributed by atoms with Crippen molar-refractivity contribution < 1.29 is 5.11 Å². The van der Waals surface area contributed by atoms with Crippen molar-refractivity contribution in [1.29, 1.82) is 0 Å². The molecule has 2 aliphatic carbocycles. The van der Waals surface area contributed by atoms with E-state index in [4.69, 9.17) is 0 Å². The smallest absolute Gasteiger partial charge is 0.0611 e. The van der Waals surface area contributed by atoms with Crippen molar-refractivity contribution in [2.45, 2.75) is 57.1 Å². The van der Waals surface area contributed by atoms with Crippen LogP contribution in [0.5, 0.6) is 0 Å². The van der Waals surface area contributed by atoms with Crippen LogP contribution in [0, 0.1) is 11.8 Å². The molecule has 2 saturated carbocycles. The van der Waals surface area contributed by atoms with Gasteiger partial charge in [-0.25, -0.2) is 0 Å². The second-order valence-electron chi connectivity index (χ2n) is 5.73. The van der Waals surface area contributed by atoms with E-state index in [2.05, 4.69) is 4.90 Å². The van der Waals surface area contributed by atoms with Crippen LogP contribution in [0.4, 0.5) is 0 Å². The fraction of sp³-hybridized carbons (Fsp3) is 1.00. The van der Waals surface area contributed by atoms with E-state index >= 15 is 0 Å². The van der Waals surface area contributed by atoms with Crippen molar-refractivity contribution in [3.8, 4) is 0 Å². The zero-order valence-electron chi connectivity index (χ0n) is 9.57. The Morgan fingerprint density at radius 1 is 0.867 bits per heavy atom. The number of aliphatic hydroxyl groups is 1. The summed E-state index contributed by atoms with van der Waals surface area (Å²) in [6, 6.07) is 0.721. The molecular formula is C13H23NO. The lowest BCUT2D eigenvalue weighted by molar-refractivity contribution is -0.00651. The van der Waals surface area contributed by atoms with Gasteiger partial charge >= 0.3 is 0 Å². The molecule has 15 heavy (non-hydrogen) atoms. The van der Waals surface area contributed by atoms with Crippen molar-refractivity contribution in [3.63, 3.8) is 0 Å². The van der Waals surface area contributed by atoms with Gasteiger partial charge in [-0.15, -0.1) is 0 Å². The van der Waals surface area contributed by atoms with Crippen LogP contribution in [-0.4, -0.2) is 35.2 Å². The van der Waals surface area contributed by atoms with Crippen LogP contribution >= 0.6 is 0 Å². The third kappa shape index (κ3) is 1.72. The third-order valence-corrected chi connectivity index (χ3v) is 4.98. The van der Waals surface area contributed by atoms with Crippen LogP contribution in [0.15, 0.2) is 0 Å². The molecule has 1 saturated heterocycles. The number of rotatable bonds is 1. The number of piperidine rings is 1. The highest BCUT2D eigenvalue weighted by Gasteiger charge is 2.45. The highest BCUT2D eigenvalue weighted by Crippen LogP contribution is 2.44. The van der Waals surface area contributed by atoms with Gasteiger partial charge in [-0.2, -0.15) is 0 Å². The predicted molar refractivity (Wildman–Crippen MR) is 60.7 cm³/mol. The minimum atomic E-state index is 0.0330. The van der Waals surface area contributed by atoms with Gasteiger partial charge in [-0.3, -0.25) is 0 Å². The zero-order chi connectivity index (χ0) is 10.3. The first-order valence-electron chi connectivity index (χ1n) is 6.78. The van der Waals surface area contributed by atoms with Gasteiger partial charge in [-0.05, 0) is 57.5 Å². The molecule has 0 radical (unpaired) electrons. The number of nitrogens with zero attached hydrogens (tertiary/aromatic N) is 1. The predicted octanol–water partition coefficient (Wildman–Crippen LogP) is 2.02. The van der Waals surface area contributed by atoms with E-state index in [1.807, 2.05) is 0 Å². The molecule has 3 aliphatic rings. The summed E-state index contributed by atoms with van der Waals surface area (Å²) in [5, 5.41) is 10.2. The second kappa shape index (κ2) is 4.06. The van der Waals surface area contributed by atoms with Crippen LogP contribution in [-0.2, 0) is 0 Å². The van der Waals surface area contributed by atoms with E-state index in [1.165, 1.54) is 58.0 Å². The fourth-order valence-electron chi connectivity index (χ4n) is 4.14. The largest absolute Gasteiger partial charge is 0.392 e. The summed E-state index contributed by atoms with van der Waals surface area (Å²) in [6.45, 7) is 2.58. The van der Waals surface area contributed by atoms with Gasteiger partial charge in [0.25, 0.3) is 0 Å². The number of hydrogen-bond acceptors (Lipinski definition) is 2. The summed E-state index contributed by atoms with van der Waals surface area (Å²) in [6.07, 6.45) is 9.41. The van der Waals surface area contributed by atoms with Gasteiger partial charge in [0, 0.05) is 12.0 Å². The van der Waals surface area contributed by atoms with Gasteiger partial charge < -0.3 is 10.0 Å². The zero-order valence-corrected chi connectivity index (χ0v) is 9.57. The Hall–Kier alpha value is -0.0800. The quantitative estimate of drug-likeness (QED) is 0.714. The van der Waals surface area contributed by atoms with Crippen LogP contribution < -0.4 is 0 Å². The summed E-state index contributed by atoms with van der Waals surface area (Å²) < 4.78 is 0. The van der Waals surface area contributed by atoms with E-state index in [0.29, 0.717) is 11.8 Å². The highest BCUT2D eigenvalue weighted by atomic mass is 16.3. The highest BCUT2D eigenvalue weighted by molar-refractivity contribution is 4.97. The molecule has 1 N–H and O–H groups in total. The first kappa shape index (κ1) is 10.1. The van der Waals surface area contributed by atoms with Crippen LogP contribution in [0.3, 0.4) is 0 Å². The fourth-order valence-corrected chi connectivity index (χ4v) is 4.14. The number of aliphatic hydroxyl groups excluding tert-OH is 1. The molecule has 0 unspecified atom stereocenters. The van der Waals surface area contributed by atoms with Crippen molar-refractivity contribution >= 4 is 0 Å². The Kier molecular flexibility index (Phi) is 2.73. The lowest BCUT2D eigenvalue weighted by atomic mass is 9.81. The molecule has 0 aromatic heterocycles. The van der Waals surface area contributed by atoms with Crippen molar-refractivity contribution in [2.24, 2.45) is 11.8 Å². The maximum atomic E-state index is 10.2. The van der Waals surface area contributed by atoms with Gasteiger partial charge in [0.2, 0.25) is 0 Å². The molecule has 0 aromatic carbocycles. The summed E-state index contributed by atoms with van der Waals surface area (Å²) in [5.74, 6) is 1.26. The Balaban J connectivity index is 1.69. The SMILES string of the molecule is O[C@H]1[C@H]2CC[C@@H]1[C@H](N1CCCCC1)CC2. The standard InChI is InChI=1S/C13H23NO/c15-13-10-4-6-11(13)12(7-5-10)14-8-2-1-3-9-14/h10-13,15H,1-9H2/t10-,11+,12+,13-/m0/s1. The number of hydrogen-bond donors (Lipinski definition) is 1. The Labute approximate surface area is 92.7 Å². The topological polar surface area (TPSA) is 23.5 Å². The molecule has 3 rings (SSSR count). The van der Waals surface area contributed by atoms with Gasteiger partial charge in [-0.1, -0.05) is 6.42 Å². The van der Waals surface area contributed by atoms with E-state index in [9.17, 15) is 5.11 Å². The average Bonchev–Trinajstić information content (AvgIpc) is 2.54. The van der Waals surface area contributed by atoms with Crippen molar-refractivity contribution in [2.75, 3.05) is 13.1 Å². The van der Waals surface area contributed by atoms with Crippen LogP contribution in [0.25, 0.3) is 0 Å².